The first-order valence-electron chi connectivity index (χ1n) is 5.08. The van der Waals surface area contributed by atoms with Crippen molar-refractivity contribution in [1.82, 2.24) is 9.97 Å². The lowest BCUT2D eigenvalue weighted by Gasteiger charge is -2.04. The van der Waals surface area contributed by atoms with E-state index < -0.39 is 0 Å². The van der Waals surface area contributed by atoms with Gasteiger partial charge in [-0.2, -0.15) is 0 Å². The molecule has 0 aliphatic carbocycles. The zero-order valence-corrected chi connectivity index (χ0v) is 9.48. The standard InChI is InChI=1S/C12H12ClN3/c13-11-8-10(6-7-14)15-12(16-11)9-4-2-1-3-5-9/h1-5,8H,6-7,14H2. The minimum atomic E-state index is 0.456. The molecule has 0 saturated heterocycles. The maximum Gasteiger partial charge on any atom is 0.161 e. The summed E-state index contributed by atoms with van der Waals surface area (Å²) in [5.41, 5.74) is 7.33. The third-order valence-corrected chi connectivity index (χ3v) is 2.37. The molecular weight excluding hydrogens is 222 g/mol. The number of nitrogens with two attached hydrogens (primary N) is 1. The van der Waals surface area contributed by atoms with Crippen LogP contribution in [0.4, 0.5) is 0 Å². The van der Waals surface area contributed by atoms with Crippen LogP contribution < -0.4 is 5.73 Å². The van der Waals surface area contributed by atoms with Crippen molar-refractivity contribution in [2.45, 2.75) is 6.42 Å². The number of hydrogen-bond acceptors (Lipinski definition) is 3. The molecule has 4 heteroatoms. The second kappa shape index (κ2) is 5.05. The van der Waals surface area contributed by atoms with Crippen molar-refractivity contribution in [2.75, 3.05) is 6.54 Å². The third-order valence-electron chi connectivity index (χ3n) is 2.18. The summed E-state index contributed by atoms with van der Waals surface area (Å²) in [4.78, 5) is 8.62. The number of nitrogens with zero attached hydrogens (tertiary/aromatic N) is 2. The molecule has 0 fully saturated rings. The molecule has 2 N–H and O–H groups in total. The molecule has 0 saturated carbocycles. The Kier molecular flexibility index (Phi) is 3.49. The molecule has 0 bridgehead atoms. The Morgan fingerprint density at radius 3 is 2.56 bits per heavy atom. The van der Waals surface area contributed by atoms with E-state index in [1.807, 2.05) is 30.3 Å². The SMILES string of the molecule is NCCc1cc(Cl)nc(-c2ccccc2)n1. The zero-order valence-electron chi connectivity index (χ0n) is 8.73. The number of rotatable bonds is 3. The maximum absolute atomic E-state index is 5.94. The van der Waals surface area contributed by atoms with Gasteiger partial charge in [-0.25, -0.2) is 9.97 Å². The van der Waals surface area contributed by atoms with Crippen molar-refractivity contribution >= 4 is 11.6 Å². The van der Waals surface area contributed by atoms with E-state index in [-0.39, 0.29) is 0 Å². The lowest BCUT2D eigenvalue weighted by atomic mass is 10.2. The Bertz CT molecular complexity index is 471. The fourth-order valence-electron chi connectivity index (χ4n) is 1.46. The fraction of sp³-hybridized carbons (Fsp3) is 0.167. The van der Waals surface area contributed by atoms with Crippen LogP contribution in [0, 0.1) is 0 Å². The normalized spacial score (nSPS) is 10.4. The largest absolute Gasteiger partial charge is 0.330 e. The minimum absolute atomic E-state index is 0.456. The summed E-state index contributed by atoms with van der Waals surface area (Å²) in [5.74, 6) is 0.650. The molecule has 2 aromatic rings. The van der Waals surface area contributed by atoms with E-state index in [0.29, 0.717) is 23.9 Å². The highest BCUT2D eigenvalue weighted by Gasteiger charge is 2.04. The van der Waals surface area contributed by atoms with Crippen molar-refractivity contribution in [3.63, 3.8) is 0 Å². The van der Waals surface area contributed by atoms with Gasteiger partial charge in [0.05, 0.1) is 0 Å². The van der Waals surface area contributed by atoms with Gasteiger partial charge < -0.3 is 5.73 Å². The van der Waals surface area contributed by atoms with Crippen LogP contribution in [0.2, 0.25) is 5.15 Å². The summed E-state index contributed by atoms with van der Waals surface area (Å²) in [6.45, 7) is 0.557. The molecular formula is C12H12ClN3. The smallest absolute Gasteiger partial charge is 0.161 e. The van der Waals surface area contributed by atoms with E-state index in [4.69, 9.17) is 17.3 Å². The van der Waals surface area contributed by atoms with Crippen LogP contribution in [0.5, 0.6) is 0 Å². The van der Waals surface area contributed by atoms with Crippen molar-refractivity contribution in [3.05, 3.63) is 47.2 Å². The molecule has 0 radical (unpaired) electrons. The van der Waals surface area contributed by atoms with Gasteiger partial charge in [0.25, 0.3) is 0 Å². The monoisotopic (exact) mass is 233 g/mol. The molecule has 0 spiro atoms. The zero-order chi connectivity index (χ0) is 11.4. The van der Waals surface area contributed by atoms with Gasteiger partial charge >= 0.3 is 0 Å². The topological polar surface area (TPSA) is 51.8 Å². The first-order chi connectivity index (χ1) is 7.79. The van der Waals surface area contributed by atoms with E-state index in [2.05, 4.69) is 9.97 Å². The van der Waals surface area contributed by atoms with E-state index in [0.717, 1.165) is 11.3 Å². The lowest BCUT2D eigenvalue weighted by molar-refractivity contribution is 0.913. The van der Waals surface area contributed by atoms with E-state index >= 15 is 0 Å². The highest BCUT2D eigenvalue weighted by Crippen LogP contribution is 2.17. The third kappa shape index (κ3) is 2.56. The summed E-state index contributed by atoms with van der Waals surface area (Å²) in [5, 5.41) is 0.456. The van der Waals surface area contributed by atoms with Crippen molar-refractivity contribution in [3.8, 4) is 11.4 Å². The van der Waals surface area contributed by atoms with Gasteiger partial charge in [-0.15, -0.1) is 0 Å². The molecule has 1 aromatic carbocycles. The van der Waals surface area contributed by atoms with Crippen molar-refractivity contribution in [1.29, 1.82) is 0 Å². The quantitative estimate of drug-likeness (QED) is 0.828. The van der Waals surface area contributed by atoms with Gasteiger partial charge in [-0.1, -0.05) is 41.9 Å². The van der Waals surface area contributed by atoms with Gasteiger partial charge in [-0.05, 0) is 12.6 Å². The lowest BCUT2D eigenvalue weighted by Crippen LogP contribution is -2.05. The molecule has 82 valence electrons. The summed E-state index contributed by atoms with van der Waals surface area (Å²) in [7, 11) is 0. The molecule has 2 rings (SSSR count). The van der Waals surface area contributed by atoms with Crippen LogP contribution in [0.1, 0.15) is 5.69 Å². The number of hydrogen-bond donors (Lipinski definition) is 1. The molecule has 1 heterocycles. The number of aromatic nitrogens is 2. The summed E-state index contributed by atoms with van der Waals surface area (Å²) >= 11 is 5.94. The maximum atomic E-state index is 5.94. The Morgan fingerprint density at radius 2 is 1.88 bits per heavy atom. The van der Waals surface area contributed by atoms with Gasteiger partial charge in [0, 0.05) is 17.7 Å². The summed E-state index contributed by atoms with van der Waals surface area (Å²) in [6, 6.07) is 11.5. The van der Waals surface area contributed by atoms with Crippen LogP contribution in [-0.4, -0.2) is 16.5 Å². The van der Waals surface area contributed by atoms with Crippen LogP contribution >= 0.6 is 11.6 Å². The Balaban J connectivity index is 2.41. The average molecular weight is 234 g/mol. The molecule has 0 amide bonds. The summed E-state index contributed by atoms with van der Waals surface area (Å²) in [6.07, 6.45) is 0.710. The Labute approximate surface area is 99.3 Å². The Morgan fingerprint density at radius 1 is 1.12 bits per heavy atom. The van der Waals surface area contributed by atoms with Crippen molar-refractivity contribution in [2.24, 2.45) is 5.73 Å². The predicted octanol–water partition coefficient (Wildman–Crippen LogP) is 2.30. The van der Waals surface area contributed by atoms with Crippen LogP contribution in [0.15, 0.2) is 36.4 Å². The highest BCUT2D eigenvalue weighted by atomic mass is 35.5. The molecule has 16 heavy (non-hydrogen) atoms. The van der Waals surface area contributed by atoms with Gasteiger partial charge in [0.15, 0.2) is 5.82 Å². The molecule has 0 atom stereocenters. The molecule has 0 aliphatic rings. The van der Waals surface area contributed by atoms with E-state index in [1.54, 1.807) is 6.07 Å². The molecule has 0 unspecified atom stereocenters. The molecule has 0 aliphatic heterocycles. The molecule has 1 aromatic heterocycles. The van der Waals surface area contributed by atoms with Gasteiger partial charge in [-0.3, -0.25) is 0 Å². The van der Waals surface area contributed by atoms with Gasteiger partial charge in [0.1, 0.15) is 5.15 Å². The van der Waals surface area contributed by atoms with Crippen LogP contribution in [0.3, 0.4) is 0 Å². The van der Waals surface area contributed by atoms with Crippen molar-refractivity contribution < 1.29 is 0 Å². The first-order valence-corrected chi connectivity index (χ1v) is 5.46. The predicted molar refractivity (Wildman–Crippen MR) is 65.2 cm³/mol. The van der Waals surface area contributed by atoms with Crippen LogP contribution in [0.25, 0.3) is 11.4 Å². The van der Waals surface area contributed by atoms with E-state index in [9.17, 15) is 0 Å². The fourth-order valence-corrected chi connectivity index (χ4v) is 1.66. The minimum Gasteiger partial charge on any atom is -0.330 e. The first kappa shape index (κ1) is 11.0. The summed E-state index contributed by atoms with van der Waals surface area (Å²) < 4.78 is 0. The highest BCUT2D eigenvalue weighted by molar-refractivity contribution is 6.29. The van der Waals surface area contributed by atoms with E-state index in [1.165, 1.54) is 0 Å². The second-order valence-electron chi connectivity index (χ2n) is 3.41. The Hall–Kier alpha value is -1.45. The van der Waals surface area contributed by atoms with Gasteiger partial charge in [0.2, 0.25) is 0 Å². The molecule has 3 nitrogen and oxygen atoms in total. The second-order valence-corrected chi connectivity index (χ2v) is 3.80. The van der Waals surface area contributed by atoms with Crippen LogP contribution in [-0.2, 0) is 6.42 Å². The average Bonchev–Trinajstić information content (AvgIpc) is 2.30. The number of benzene rings is 1. The number of halogens is 1.